The van der Waals surface area contributed by atoms with Crippen LogP contribution in [0.1, 0.15) is 0 Å². The van der Waals surface area contributed by atoms with Gasteiger partial charge in [0, 0.05) is 0 Å². The van der Waals surface area contributed by atoms with Crippen LogP contribution in [0.4, 0.5) is 52.7 Å². The maximum absolute atomic E-state index is 12.7. The molecule has 0 atom stereocenters. The minimum atomic E-state index is -7.99. The Morgan fingerprint density at radius 1 is 0.591 bits per heavy atom. The fourth-order valence-electron chi connectivity index (χ4n) is 0.915. The van der Waals surface area contributed by atoms with Gasteiger partial charge in [-0.05, 0) is 0 Å². The Morgan fingerprint density at radius 2 is 0.864 bits per heavy atom. The lowest BCUT2D eigenvalue weighted by Crippen LogP contribution is -2.71. The van der Waals surface area contributed by atoms with Gasteiger partial charge in [0.15, 0.2) is 0 Å². The molecule has 0 aromatic carbocycles. The molecular formula is C7H2F12O3. The molecular weight excluding hydrogens is 360 g/mol. The monoisotopic (exact) mass is 362 g/mol. The maximum Gasteiger partial charge on any atom is 0.423 e. The fraction of sp³-hybridized carbons (Fsp3) is 0.857. The molecule has 0 saturated heterocycles. The van der Waals surface area contributed by atoms with Gasteiger partial charge in [-0.2, -0.15) is 52.7 Å². The highest BCUT2D eigenvalue weighted by atomic mass is 19.4. The first kappa shape index (κ1) is 20.6. The maximum atomic E-state index is 12.7. The Labute approximate surface area is 111 Å². The van der Waals surface area contributed by atoms with E-state index >= 15 is 0 Å². The van der Waals surface area contributed by atoms with E-state index in [2.05, 4.69) is 0 Å². The van der Waals surface area contributed by atoms with Gasteiger partial charge in [0.1, 0.15) is 0 Å². The third kappa shape index (κ3) is 2.34. The Balaban J connectivity index is 6.29. The van der Waals surface area contributed by atoms with E-state index in [9.17, 15) is 57.5 Å². The number of halogens is 12. The minimum absolute atomic E-state index is 4.12. The van der Waals surface area contributed by atoms with E-state index in [0.29, 0.717) is 0 Å². The van der Waals surface area contributed by atoms with Crippen LogP contribution < -0.4 is 0 Å². The van der Waals surface area contributed by atoms with Crippen LogP contribution in [0.25, 0.3) is 0 Å². The van der Waals surface area contributed by atoms with Gasteiger partial charge in [0.2, 0.25) is 0 Å². The third-order valence-corrected chi connectivity index (χ3v) is 2.22. The third-order valence-electron chi connectivity index (χ3n) is 2.22. The molecule has 0 saturated carbocycles. The van der Waals surface area contributed by atoms with Crippen molar-refractivity contribution in [1.29, 1.82) is 0 Å². The quantitative estimate of drug-likeness (QED) is 0.715. The summed E-state index contributed by atoms with van der Waals surface area (Å²) >= 11 is 0. The molecule has 0 rings (SSSR count). The summed E-state index contributed by atoms with van der Waals surface area (Å²) in [6.45, 7) is 0. The zero-order valence-corrected chi connectivity index (χ0v) is 9.34. The summed E-state index contributed by atoms with van der Waals surface area (Å²) in [7, 11) is 0. The van der Waals surface area contributed by atoms with Crippen LogP contribution in [0.3, 0.4) is 0 Å². The zero-order chi connectivity index (χ0) is 18.6. The molecule has 0 aromatic heterocycles. The van der Waals surface area contributed by atoms with Crippen LogP contribution in [0.15, 0.2) is 0 Å². The highest BCUT2D eigenvalue weighted by Crippen LogP contribution is 2.59. The number of rotatable bonds is 6. The van der Waals surface area contributed by atoms with Crippen molar-refractivity contribution in [3.63, 3.8) is 0 Å². The number of carbonyl (C=O) groups is 1. The standard InChI is InChI=1S/C7H2F12O3/c8-2(9,1(20)21)3(10,11)4(12,13)5(14,15)6(16,17)7(18,19)22/h22H,(H,20,21). The topological polar surface area (TPSA) is 57.5 Å². The van der Waals surface area contributed by atoms with Crippen molar-refractivity contribution in [2.24, 2.45) is 0 Å². The molecule has 0 unspecified atom stereocenters. The summed E-state index contributed by atoms with van der Waals surface area (Å²) in [6.07, 6.45) is -7.02. The SMILES string of the molecule is O=C(O)C(F)(F)C(F)(F)C(F)(F)C(F)(F)C(F)(F)C(O)(F)F. The summed E-state index contributed by atoms with van der Waals surface area (Å²) in [5.41, 5.74) is 0. The van der Waals surface area contributed by atoms with Crippen molar-refractivity contribution in [2.75, 3.05) is 0 Å². The van der Waals surface area contributed by atoms with Gasteiger partial charge in [0.25, 0.3) is 0 Å². The van der Waals surface area contributed by atoms with Gasteiger partial charge in [-0.1, -0.05) is 0 Å². The molecule has 0 spiro atoms. The predicted octanol–water partition coefficient (Wildman–Crippen LogP) is 2.83. The Kier molecular flexibility index (Phi) is 4.48. The average Bonchev–Trinajstić information content (AvgIpc) is 2.25. The number of hydrogen-bond donors (Lipinski definition) is 2. The molecule has 0 heterocycles. The summed E-state index contributed by atoms with van der Waals surface area (Å²) in [5, 5.41) is 15.0. The molecule has 0 amide bonds. The number of aliphatic carboxylic acids is 1. The lowest BCUT2D eigenvalue weighted by Gasteiger charge is -2.39. The van der Waals surface area contributed by atoms with Gasteiger partial charge in [-0.15, -0.1) is 0 Å². The van der Waals surface area contributed by atoms with Gasteiger partial charge < -0.3 is 10.2 Å². The molecule has 0 aliphatic heterocycles. The highest BCUT2D eigenvalue weighted by Gasteiger charge is 2.91. The molecule has 22 heavy (non-hydrogen) atoms. The highest BCUT2D eigenvalue weighted by molar-refractivity contribution is 5.77. The fourth-order valence-corrected chi connectivity index (χ4v) is 0.915. The zero-order valence-electron chi connectivity index (χ0n) is 9.34. The van der Waals surface area contributed by atoms with E-state index in [1.54, 1.807) is 0 Å². The van der Waals surface area contributed by atoms with Gasteiger partial charge in [-0.25, -0.2) is 4.79 Å². The molecule has 0 aliphatic carbocycles. The van der Waals surface area contributed by atoms with Crippen LogP contribution in [-0.2, 0) is 4.79 Å². The van der Waals surface area contributed by atoms with E-state index in [-0.39, 0.29) is 0 Å². The first-order chi connectivity index (χ1) is 9.19. The minimum Gasteiger partial charge on any atom is -0.477 e. The second-order valence-corrected chi connectivity index (χ2v) is 3.72. The van der Waals surface area contributed by atoms with Crippen molar-refractivity contribution in [1.82, 2.24) is 0 Å². The lowest BCUT2D eigenvalue weighted by atomic mass is 9.94. The molecule has 0 bridgehead atoms. The van der Waals surface area contributed by atoms with Crippen LogP contribution in [-0.4, -0.2) is 51.9 Å². The van der Waals surface area contributed by atoms with Crippen molar-refractivity contribution >= 4 is 5.97 Å². The largest absolute Gasteiger partial charge is 0.477 e. The number of carboxylic acid groups (broad SMARTS) is 1. The van der Waals surface area contributed by atoms with E-state index in [1.165, 1.54) is 0 Å². The van der Waals surface area contributed by atoms with Crippen molar-refractivity contribution < 1.29 is 67.7 Å². The number of carboxylic acids is 1. The number of alkyl halides is 12. The van der Waals surface area contributed by atoms with E-state index < -0.39 is 41.7 Å². The number of aliphatic hydroxyl groups is 1. The summed E-state index contributed by atoms with van der Waals surface area (Å²) in [5.74, 6) is -42.4. The van der Waals surface area contributed by atoms with Crippen LogP contribution in [0.2, 0.25) is 0 Å². The van der Waals surface area contributed by atoms with Crippen molar-refractivity contribution in [2.45, 2.75) is 35.7 Å². The van der Waals surface area contributed by atoms with Gasteiger partial charge in [0.05, 0.1) is 0 Å². The first-order valence-corrected chi connectivity index (χ1v) is 4.42. The molecule has 132 valence electrons. The summed E-state index contributed by atoms with van der Waals surface area (Å²) in [6, 6.07) is 0. The number of hydrogen-bond acceptors (Lipinski definition) is 2. The molecule has 3 nitrogen and oxygen atoms in total. The van der Waals surface area contributed by atoms with Gasteiger partial charge >= 0.3 is 41.7 Å². The molecule has 0 aromatic rings. The average molecular weight is 362 g/mol. The van der Waals surface area contributed by atoms with Crippen LogP contribution in [0, 0.1) is 0 Å². The Morgan fingerprint density at radius 3 is 1.09 bits per heavy atom. The Bertz CT molecular complexity index is 450. The smallest absolute Gasteiger partial charge is 0.423 e. The van der Waals surface area contributed by atoms with E-state index in [1.807, 2.05) is 0 Å². The second-order valence-electron chi connectivity index (χ2n) is 3.72. The first-order valence-electron chi connectivity index (χ1n) is 4.42. The van der Waals surface area contributed by atoms with Crippen molar-refractivity contribution in [3.8, 4) is 0 Å². The normalized spacial score (nSPS) is 15.9. The van der Waals surface area contributed by atoms with Crippen molar-refractivity contribution in [3.05, 3.63) is 0 Å². The predicted molar refractivity (Wildman–Crippen MR) is 39.5 cm³/mol. The van der Waals surface area contributed by atoms with Crippen LogP contribution >= 0.6 is 0 Å². The van der Waals surface area contributed by atoms with E-state index in [0.717, 1.165) is 0 Å². The van der Waals surface area contributed by atoms with E-state index in [4.69, 9.17) is 10.2 Å². The lowest BCUT2D eigenvalue weighted by molar-refractivity contribution is -0.449. The Hall–Kier alpha value is -1.41. The van der Waals surface area contributed by atoms with Crippen LogP contribution in [0.5, 0.6) is 0 Å². The molecule has 0 aliphatic rings. The summed E-state index contributed by atoms with van der Waals surface area (Å²) < 4.78 is 149. The van der Waals surface area contributed by atoms with Gasteiger partial charge in [-0.3, -0.25) is 0 Å². The molecule has 2 N–H and O–H groups in total. The molecule has 15 heteroatoms. The molecule has 0 fully saturated rings. The molecule has 0 radical (unpaired) electrons. The second kappa shape index (κ2) is 4.79. The summed E-state index contributed by atoms with van der Waals surface area (Å²) in [4.78, 5) is 9.69.